The largest absolute Gasteiger partial charge is 0.367 e. The van der Waals surface area contributed by atoms with Crippen molar-refractivity contribution in [3.8, 4) is 0 Å². The third-order valence-electron chi connectivity index (χ3n) is 2.85. The Morgan fingerprint density at radius 2 is 2.37 bits per heavy atom. The molecule has 0 fully saturated rings. The van der Waals surface area contributed by atoms with Crippen LogP contribution in [0.4, 0.5) is 5.95 Å². The number of aromatic nitrogens is 6. The van der Waals surface area contributed by atoms with Crippen molar-refractivity contribution in [2.75, 3.05) is 12.8 Å². The van der Waals surface area contributed by atoms with E-state index in [0.29, 0.717) is 0 Å². The van der Waals surface area contributed by atoms with E-state index >= 15 is 0 Å². The van der Waals surface area contributed by atoms with Gasteiger partial charge in [0.05, 0.1) is 11.7 Å². The van der Waals surface area contributed by atoms with Gasteiger partial charge in [-0.25, -0.2) is 14.6 Å². The van der Waals surface area contributed by atoms with Crippen molar-refractivity contribution >= 4 is 11.9 Å². The van der Waals surface area contributed by atoms with Gasteiger partial charge >= 0.3 is 0 Å². The van der Waals surface area contributed by atoms with Gasteiger partial charge < -0.3 is 10.6 Å². The average molecular weight is 262 g/mol. The third-order valence-corrected chi connectivity index (χ3v) is 2.85. The number of hydrogen-bond donors (Lipinski definition) is 1. The van der Waals surface area contributed by atoms with Gasteiger partial charge in [0, 0.05) is 13.2 Å². The van der Waals surface area contributed by atoms with Crippen LogP contribution in [0.5, 0.6) is 0 Å². The molecule has 0 radical (unpaired) electrons. The van der Waals surface area contributed by atoms with Crippen LogP contribution in [-0.2, 0) is 11.3 Å². The number of likely N-dealkylation sites (N-methyl/N-ethyl adjacent to an activating group) is 1. The molecule has 0 aliphatic carbocycles. The number of hydrogen-bond acceptors (Lipinski definition) is 7. The first-order valence-electron chi connectivity index (χ1n) is 5.63. The quantitative estimate of drug-likeness (QED) is 0.771. The van der Waals surface area contributed by atoms with E-state index in [9.17, 15) is 4.79 Å². The van der Waals surface area contributed by atoms with Crippen molar-refractivity contribution in [1.29, 1.82) is 0 Å². The molecule has 0 saturated carbocycles. The standard InChI is InChI=1S/C10H14N8O/c1-7(8-3-4-12-6-13-8)17(2)9(19)5-18-10(11)14-15-16-18/h3-4,6-7H,5H2,1-2H3,(H2,11,14,16)/t7-/m0/s1. The van der Waals surface area contributed by atoms with Gasteiger partial charge in [0.1, 0.15) is 12.9 Å². The molecule has 0 bridgehead atoms. The van der Waals surface area contributed by atoms with E-state index in [0.717, 1.165) is 5.69 Å². The van der Waals surface area contributed by atoms with Crippen molar-refractivity contribution in [1.82, 2.24) is 35.1 Å². The highest BCUT2D eigenvalue weighted by molar-refractivity contribution is 5.76. The minimum atomic E-state index is -0.173. The molecular formula is C10H14N8O. The number of anilines is 1. The summed E-state index contributed by atoms with van der Waals surface area (Å²) in [6, 6.07) is 1.59. The summed E-state index contributed by atoms with van der Waals surface area (Å²) in [5, 5.41) is 10.5. The number of nitrogens with zero attached hydrogens (tertiary/aromatic N) is 7. The average Bonchev–Trinajstić information content (AvgIpc) is 2.83. The lowest BCUT2D eigenvalue weighted by atomic mass is 10.2. The molecule has 2 rings (SSSR count). The Labute approximate surface area is 109 Å². The topological polar surface area (TPSA) is 116 Å². The van der Waals surface area contributed by atoms with Gasteiger partial charge in [-0.2, -0.15) is 0 Å². The molecule has 2 heterocycles. The predicted molar refractivity (Wildman–Crippen MR) is 65.4 cm³/mol. The molecule has 0 aliphatic rings. The lowest BCUT2D eigenvalue weighted by Crippen LogP contribution is -2.33. The molecule has 9 heteroatoms. The number of tetrazole rings is 1. The van der Waals surface area contributed by atoms with E-state index in [4.69, 9.17) is 5.73 Å². The molecule has 100 valence electrons. The maximum absolute atomic E-state index is 12.1. The minimum Gasteiger partial charge on any atom is -0.367 e. The van der Waals surface area contributed by atoms with Crippen molar-refractivity contribution in [2.24, 2.45) is 0 Å². The summed E-state index contributed by atoms with van der Waals surface area (Å²) < 4.78 is 1.24. The SMILES string of the molecule is C[C@@H](c1ccncn1)N(C)C(=O)Cn1nnnc1N. The van der Waals surface area contributed by atoms with Crippen LogP contribution < -0.4 is 5.73 Å². The molecule has 0 saturated heterocycles. The van der Waals surface area contributed by atoms with E-state index in [2.05, 4.69) is 25.5 Å². The fourth-order valence-electron chi connectivity index (χ4n) is 1.53. The first-order valence-corrected chi connectivity index (χ1v) is 5.63. The molecule has 0 unspecified atom stereocenters. The Kier molecular flexibility index (Phi) is 3.64. The molecule has 2 N–H and O–H groups in total. The summed E-state index contributed by atoms with van der Waals surface area (Å²) in [4.78, 5) is 21.6. The van der Waals surface area contributed by atoms with Crippen LogP contribution in [0, 0.1) is 0 Å². The zero-order chi connectivity index (χ0) is 13.8. The summed E-state index contributed by atoms with van der Waals surface area (Å²) in [7, 11) is 1.69. The van der Waals surface area contributed by atoms with E-state index in [-0.39, 0.29) is 24.4 Å². The molecule has 0 aromatic carbocycles. The van der Waals surface area contributed by atoms with Gasteiger partial charge in [-0.1, -0.05) is 5.10 Å². The zero-order valence-electron chi connectivity index (χ0n) is 10.6. The highest BCUT2D eigenvalue weighted by Gasteiger charge is 2.19. The summed E-state index contributed by atoms with van der Waals surface area (Å²) in [5.74, 6) is -0.0541. The number of rotatable bonds is 4. The van der Waals surface area contributed by atoms with E-state index < -0.39 is 0 Å². The molecule has 0 spiro atoms. The Bertz CT molecular complexity index is 554. The minimum absolute atomic E-state index is 0.00917. The normalized spacial score (nSPS) is 12.1. The monoisotopic (exact) mass is 262 g/mol. The summed E-state index contributed by atoms with van der Waals surface area (Å²) in [6.07, 6.45) is 3.08. The maximum atomic E-state index is 12.1. The number of nitrogen functional groups attached to an aromatic ring is 1. The molecule has 9 nitrogen and oxygen atoms in total. The van der Waals surface area contributed by atoms with Crippen molar-refractivity contribution in [3.05, 3.63) is 24.3 Å². The second kappa shape index (κ2) is 5.38. The highest BCUT2D eigenvalue weighted by Crippen LogP contribution is 2.15. The fraction of sp³-hybridized carbons (Fsp3) is 0.400. The second-order valence-corrected chi connectivity index (χ2v) is 4.01. The summed E-state index contributed by atoms with van der Waals surface area (Å²) in [5.41, 5.74) is 6.27. The van der Waals surface area contributed by atoms with Crippen molar-refractivity contribution < 1.29 is 4.79 Å². The van der Waals surface area contributed by atoms with E-state index in [1.54, 1.807) is 24.2 Å². The van der Waals surface area contributed by atoms with Gasteiger partial charge in [-0.15, -0.1) is 0 Å². The van der Waals surface area contributed by atoms with Gasteiger partial charge in [0.25, 0.3) is 0 Å². The fourth-order valence-corrected chi connectivity index (χ4v) is 1.53. The molecule has 2 aromatic rings. The molecule has 2 aromatic heterocycles. The van der Waals surface area contributed by atoms with Gasteiger partial charge in [0.15, 0.2) is 0 Å². The highest BCUT2D eigenvalue weighted by atomic mass is 16.2. The summed E-state index contributed by atoms with van der Waals surface area (Å²) >= 11 is 0. The molecular weight excluding hydrogens is 248 g/mol. The van der Waals surface area contributed by atoms with Crippen LogP contribution in [0.3, 0.4) is 0 Å². The molecule has 19 heavy (non-hydrogen) atoms. The van der Waals surface area contributed by atoms with Crippen LogP contribution in [-0.4, -0.2) is 48.0 Å². The number of carbonyl (C=O) groups is 1. The third kappa shape index (κ3) is 2.81. The summed E-state index contributed by atoms with van der Waals surface area (Å²) in [6.45, 7) is 1.87. The predicted octanol–water partition coefficient (Wildman–Crippen LogP) is -0.735. The van der Waals surface area contributed by atoms with Gasteiger partial charge in [-0.05, 0) is 23.4 Å². The van der Waals surface area contributed by atoms with Crippen molar-refractivity contribution in [3.63, 3.8) is 0 Å². The molecule has 1 amide bonds. The second-order valence-electron chi connectivity index (χ2n) is 4.01. The van der Waals surface area contributed by atoms with Gasteiger partial charge in [0.2, 0.25) is 11.9 Å². The van der Waals surface area contributed by atoms with E-state index in [1.165, 1.54) is 11.0 Å². The number of amides is 1. The molecule has 0 aliphatic heterocycles. The first-order chi connectivity index (χ1) is 9.09. The van der Waals surface area contributed by atoms with Gasteiger partial charge in [-0.3, -0.25) is 4.79 Å². The van der Waals surface area contributed by atoms with Crippen LogP contribution in [0.15, 0.2) is 18.6 Å². The van der Waals surface area contributed by atoms with E-state index in [1.807, 2.05) is 6.92 Å². The number of carbonyl (C=O) groups excluding carboxylic acids is 1. The lowest BCUT2D eigenvalue weighted by molar-refractivity contribution is -0.132. The van der Waals surface area contributed by atoms with Crippen LogP contribution in [0.25, 0.3) is 0 Å². The Balaban J connectivity index is 2.05. The maximum Gasteiger partial charge on any atom is 0.244 e. The van der Waals surface area contributed by atoms with Crippen molar-refractivity contribution in [2.45, 2.75) is 19.5 Å². The number of nitrogens with two attached hydrogens (primary N) is 1. The molecule has 1 atom stereocenters. The first kappa shape index (κ1) is 12.9. The Morgan fingerprint density at radius 1 is 1.58 bits per heavy atom. The lowest BCUT2D eigenvalue weighted by Gasteiger charge is -2.24. The van der Waals surface area contributed by atoms with Crippen LogP contribution in [0.2, 0.25) is 0 Å². The Hall–Kier alpha value is -2.58. The van der Waals surface area contributed by atoms with Crippen LogP contribution >= 0.6 is 0 Å². The van der Waals surface area contributed by atoms with Crippen LogP contribution in [0.1, 0.15) is 18.7 Å². The smallest absolute Gasteiger partial charge is 0.244 e. The zero-order valence-corrected chi connectivity index (χ0v) is 10.6. The Morgan fingerprint density at radius 3 is 2.95 bits per heavy atom.